The number of likely N-dealkylation sites (tertiary alicyclic amines) is 1. The van der Waals surface area contributed by atoms with Gasteiger partial charge in [-0.15, -0.1) is 0 Å². The van der Waals surface area contributed by atoms with Crippen LogP contribution in [0.5, 0.6) is 0 Å². The van der Waals surface area contributed by atoms with Crippen molar-refractivity contribution in [2.75, 3.05) is 13.7 Å². The average molecular weight is 565 g/mol. The molecular weight excluding hydrogens is 529 g/mol. The van der Waals surface area contributed by atoms with Crippen molar-refractivity contribution in [1.29, 1.82) is 0 Å². The monoisotopic (exact) mass is 564 g/mol. The van der Waals surface area contributed by atoms with Gasteiger partial charge in [0.1, 0.15) is 17.7 Å². The summed E-state index contributed by atoms with van der Waals surface area (Å²) in [4.78, 5) is 39.7. The summed E-state index contributed by atoms with van der Waals surface area (Å²) in [5.41, 5.74) is -2.40. The van der Waals surface area contributed by atoms with Crippen molar-refractivity contribution in [2.45, 2.75) is 70.5 Å². The molecule has 2 aromatic carbocycles. The standard InChI is InChI=1S/C29H35F3N2O6/c1-26(2,3)22(33-25(38)40-27(4,5)29(30,31)32)23(35)34-17-28(39-6,16-21(34)24(36)37)20-14-12-19(13-15-20)18-10-8-7-9-11-18/h7-15,21-22H,16-17H2,1-6H3,(H,33,38)(H,36,37)/t21-,22+,28-/m0/s1. The molecule has 11 heteroatoms. The summed E-state index contributed by atoms with van der Waals surface area (Å²) >= 11 is 0. The number of carbonyl (C=O) groups excluding carboxylic acids is 2. The van der Waals surface area contributed by atoms with Crippen LogP contribution in [0.25, 0.3) is 11.1 Å². The summed E-state index contributed by atoms with van der Waals surface area (Å²) in [6, 6.07) is 14.3. The van der Waals surface area contributed by atoms with E-state index in [1.165, 1.54) is 7.11 Å². The number of carbonyl (C=O) groups is 3. The second-order valence-electron chi connectivity index (χ2n) is 11.5. The lowest BCUT2D eigenvalue weighted by Crippen LogP contribution is -2.58. The number of alkyl carbamates (subject to hydrolysis) is 1. The molecule has 3 atom stereocenters. The highest BCUT2D eigenvalue weighted by Gasteiger charge is 2.54. The fourth-order valence-corrected chi connectivity index (χ4v) is 4.65. The van der Waals surface area contributed by atoms with Gasteiger partial charge < -0.3 is 24.8 Å². The molecule has 0 aromatic heterocycles. The maximum Gasteiger partial charge on any atom is 0.427 e. The fraction of sp³-hybridized carbons (Fsp3) is 0.483. The molecular formula is C29H35F3N2O6. The molecule has 218 valence electrons. The number of nitrogens with zero attached hydrogens (tertiary/aromatic N) is 1. The number of hydrogen-bond donors (Lipinski definition) is 2. The Balaban J connectivity index is 1.91. The van der Waals surface area contributed by atoms with Crippen LogP contribution >= 0.6 is 0 Å². The number of rotatable bonds is 7. The molecule has 2 N–H and O–H groups in total. The van der Waals surface area contributed by atoms with Crippen LogP contribution in [0.1, 0.15) is 46.6 Å². The summed E-state index contributed by atoms with van der Waals surface area (Å²) in [7, 11) is 1.42. The van der Waals surface area contributed by atoms with E-state index in [1.807, 2.05) is 54.6 Å². The third kappa shape index (κ3) is 6.41. The molecule has 0 radical (unpaired) electrons. The topological polar surface area (TPSA) is 105 Å². The van der Waals surface area contributed by atoms with E-state index in [0.29, 0.717) is 19.4 Å². The van der Waals surface area contributed by atoms with E-state index < -0.39 is 52.8 Å². The van der Waals surface area contributed by atoms with E-state index >= 15 is 0 Å². The second kappa shape index (κ2) is 11.1. The predicted octanol–water partition coefficient (Wildman–Crippen LogP) is 5.36. The van der Waals surface area contributed by atoms with E-state index in [9.17, 15) is 32.7 Å². The maximum atomic E-state index is 13.8. The second-order valence-corrected chi connectivity index (χ2v) is 11.5. The minimum atomic E-state index is -4.84. The van der Waals surface area contributed by atoms with Gasteiger partial charge in [-0.05, 0) is 36.0 Å². The molecule has 3 rings (SSSR count). The van der Waals surface area contributed by atoms with Crippen molar-refractivity contribution in [1.82, 2.24) is 10.2 Å². The lowest BCUT2D eigenvalue weighted by Gasteiger charge is -2.36. The van der Waals surface area contributed by atoms with Crippen molar-refractivity contribution in [3.8, 4) is 11.1 Å². The highest BCUT2D eigenvalue weighted by molar-refractivity contribution is 5.90. The summed E-state index contributed by atoms with van der Waals surface area (Å²) in [5, 5.41) is 12.3. The van der Waals surface area contributed by atoms with Crippen molar-refractivity contribution in [2.24, 2.45) is 5.41 Å². The molecule has 1 heterocycles. The molecule has 1 aliphatic rings. The van der Waals surface area contributed by atoms with E-state index in [1.54, 1.807) is 20.8 Å². The number of carboxylic acids is 1. The van der Waals surface area contributed by atoms with Crippen LogP contribution < -0.4 is 5.32 Å². The lowest BCUT2D eigenvalue weighted by molar-refractivity contribution is -0.244. The number of carboxylic acid groups (broad SMARTS) is 1. The number of halogens is 3. The number of aliphatic carboxylic acids is 1. The molecule has 0 bridgehead atoms. The smallest absolute Gasteiger partial charge is 0.427 e. The van der Waals surface area contributed by atoms with E-state index in [0.717, 1.165) is 16.0 Å². The quantitative estimate of drug-likeness (QED) is 0.469. The molecule has 0 unspecified atom stereocenters. The van der Waals surface area contributed by atoms with Gasteiger partial charge in [0.2, 0.25) is 11.5 Å². The first kappa shape index (κ1) is 30.9. The predicted molar refractivity (Wildman–Crippen MR) is 141 cm³/mol. The molecule has 1 fully saturated rings. The molecule has 2 amide bonds. The zero-order valence-corrected chi connectivity index (χ0v) is 23.3. The summed E-state index contributed by atoms with van der Waals surface area (Å²) < 4.78 is 50.2. The molecule has 8 nitrogen and oxygen atoms in total. The van der Waals surface area contributed by atoms with E-state index in [4.69, 9.17) is 4.74 Å². The Morgan fingerprint density at radius 2 is 1.52 bits per heavy atom. The first-order valence-corrected chi connectivity index (χ1v) is 12.7. The Hall–Kier alpha value is -3.60. The number of nitrogens with one attached hydrogen (secondary N) is 1. The molecule has 1 aliphatic heterocycles. The molecule has 0 spiro atoms. The summed E-state index contributed by atoms with van der Waals surface area (Å²) in [6.45, 7) is 6.03. The fourth-order valence-electron chi connectivity index (χ4n) is 4.65. The van der Waals surface area contributed by atoms with Gasteiger partial charge in [-0.2, -0.15) is 13.2 Å². The Labute approximate surface area is 231 Å². The minimum Gasteiger partial charge on any atom is -0.480 e. The molecule has 0 saturated carbocycles. The average Bonchev–Trinajstić information content (AvgIpc) is 3.28. The summed E-state index contributed by atoms with van der Waals surface area (Å²) in [5.74, 6) is -2.05. The van der Waals surface area contributed by atoms with E-state index in [-0.39, 0.29) is 13.0 Å². The first-order valence-electron chi connectivity index (χ1n) is 12.7. The number of benzene rings is 2. The number of ether oxygens (including phenoxy) is 2. The van der Waals surface area contributed by atoms with Crippen LogP contribution in [0.4, 0.5) is 18.0 Å². The SMILES string of the molecule is CO[C@@]1(c2ccc(-c3ccccc3)cc2)C[C@@H](C(=O)O)N(C(=O)[C@@H](NC(=O)OC(C)(C)C(F)(F)F)C(C)(C)C)C1. The minimum absolute atomic E-state index is 0.0718. The highest BCUT2D eigenvalue weighted by Crippen LogP contribution is 2.41. The number of amides is 2. The summed E-state index contributed by atoms with van der Waals surface area (Å²) in [6.07, 6.45) is -6.36. The van der Waals surface area contributed by atoms with E-state index in [2.05, 4.69) is 10.1 Å². The zero-order chi connectivity index (χ0) is 30.1. The van der Waals surface area contributed by atoms with Gasteiger partial charge in [0.05, 0.1) is 6.54 Å². The van der Waals surface area contributed by atoms with Crippen LogP contribution in [0.15, 0.2) is 54.6 Å². The first-order chi connectivity index (χ1) is 18.4. The molecule has 2 aromatic rings. The molecule has 0 aliphatic carbocycles. The van der Waals surface area contributed by atoms with Crippen molar-refractivity contribution in [3.05, 3.63) is 60.2 Å². The van der Waals surface area contributed by atoms with Gasteiger partial charge >= 0.3 is 18.2 Å². The highest BCUT2D eigenvalue weighted by atomic mass is 19.4. The van der Waals surface area contributed by atoms with Crippen LogP contribution in [0.2, 0.25) is 0 Å². The Bertz CT molecular complexity index is 1230. The van der Waals surface area contributed by atoms with Crippen LogP contribution in [-0.2, 0) is 24.7 Å². The number of methoxy groups -OCH3 is 1. The van der Waals surface area contributed by atoms with Gasteiger partial charge in [-0.25, -0.2) is 9.59 Å². The van der Waals surface area contributed by atoms with Gasteiger partial charge in [0, 0.05) is 13.5 Å². The third-order valence-electron chi connectivity index (χ3n) is 7.21. The Morgan fingerprint density at radius 1 is 0.975 bits per heavy atom. The van der Waals surface area contributed by atoms with Gasteiger partial charge in [0.25, 0.3) is 0 Å². The maximum absolute atomic E-state index is 13.8. The Morgan fingerprint density at radius 3 is 2.00 bits per heavy atom. The molecule has 40 heavy (non-hydrogen) atoms. The van der Waals surface area contributed by atoms with Crippen molar-refractivity contribution in [3.63, 3.8) is 0 Å². The van der Waals surface area contributed by atoms with Crippen molar-refractivity contribution >= 4 is 18.0 Å². The van der Waals surface area contributed by atoms with Crippen LogP contribution in [-0.4, -0.2) is 65.5 Å². The normalized spacial score (nSPS) is 20.6. The van der Waals surface area contributed by atoms with Crippen LogP contribution in [0, 0.1) is 5.41 Å². The van der Waals surface area contributed by atoms with Gasteiger partial charge in [-0.1, -0.05) is 75.4 Å². The van der Waals surface area contributed by atoms with Gasteiger partial charge in [0.15, 0.2) is 0 Å². The van der Waals surface area contributed by atoms with Crippen LogP contribution in [0.3, 0.4) is 0 Å². The number of alkyl halides is 3. The Kier molecular flexibility index (Phi) is 8.59. The third-order valence-corrected chi connectivity index (χ3v) is 7.21. The van der Waals surface area contributed by atoms with Crippen molar-refractivity contribution < 1.29 is 42.1 Å². The van der Waals surface area contributed by atoms with Gasteiger partial charge in [-0.3, -0.25) is 4.79 Å². The molecule has 1 saturated heterocycles. The largest absolute Gasteiger partial charge is 0.480 e. The number of hydrogen-bond acceptors (Lipinski definition) is 5. The lowest BCUT2D eigenvalue weighted by atomic mass is 9.85. The zero-order valence-electron chi connectivity index (χ0n) is 23.3.